The van der Waals surface area contributed by atoms with E-state index in [1.54, 1.807) is 48.5 Å². The summed E-state index contributed by atoms with van der Waals surface area (Å²) in [5.41, 5.74) is 0.996. The molecule has 2 saturated heterocycles. The highest BCUT2D eigenvalue weighted by Gasteiger charge is 2.46. The molecule has 2 aromatic heterocycles. The van der Waals surface area contributed by atoms with Crippen LogP contribution in [-0.2, 0) is 19.2 Å². The van der Waals surface area contributed by atoms with Crippen LogP contribution in [0.5, 0.6) is 0 Å². The van der Waals surface area contributed by atoms with E-state index in [-0.39, 0.29) is 108 Å². The van der Waals surface area contributed by atoms with Gasteiger partial charge in [-0.25, -0.2) is 18.7 Å². The van der Waals surface area contributed by atoms with Gasteiger partial charge in [-0.15, -0.1) is 22.7 Å². The van der Waals surface area contributed by atoms with E-state index in [2.05, 4.69) is 36.9 Å². The zero-order valence-corrected chi connectivity index (χ0v) is 47.8. The Morgan fingerprint density at radius 2 is 1.16 bits per heavy atom. The van der Waals surface area contributed by atoms with Crippen molar-refractivity contribution in [2.24, 2.45) is 11.8 Å². The maximum absolute atomic E-state index is 14.9. The summed E-state index contributed by atoms with van der Waals surface area (Å²) in [5.74, 6) is -4.11. The molecule has 2 aliphatic carbocycles. The highest BCUT2D eigenvalue weighted by atomic mass is 32.1. The van der Waals surface area contributed by atoms with E-state index in [9.17, 15) is 47.1 Å². The van der Waals surface area contributed by atoms with Crippen molar-refractivity contribution in [3.05, 3.63) is 127 Å². The van der Waals surface area contributed by atoms with Crippen molar-refractivity contribution in [2.45, 2.75) is 140 Å². The molecule has 2 saturated carbocycles. The minimum absolute atomic E-state index is 0.0169. The molecule has 4 aliphatic rings. The summed E-state index contributed by atoms with van der Waals surface area (Å²) >= 11 is 2.40. The van der Waals surface area contributed by atoms with Crippen molar-refractivity contribution in [1.29, 1.82) is 0 Å². The Hall–Kier alpha value is -6.88. The summed E-state index contributed by atoms with van der Waals surface area (Å²) in [6.45, 7) is 3.47. The third-order valence-corrected chi connectivity index (χ3v) is 17.8. The third kappa shape index (κ3) is 15.2. The van der Waals surface area contributed by atoms with Gasteiger partial charge in [0.05, 0.1) is 30.5 Å². The summed E-state index contributed by atoms with van der Waals surface area (Å²) in [7, 11) is 3.32. The number of aromatic nitrogens is 2. The highest BCUT2D eigenvalue weighted by molar-refractivity contribution is 7.10. The Morgan fingerprint density at radius 3 is 1.65 bits per heavy atom. The van der Waals surface area contributed by atoms with Crippen LogP contribution in [-0.4, -0.2) is 131 Å². The van der Waals surface area contributed by atoms with Gasteiger partial charge < -0.3 is 41.7 Å². The summed E-state index contributed by atoms with van der Waals surface area (Å²) in [5, 5.41) is 22.1. The summed E-state index contributed by atoms with van der Waals surface area (Å²) in [6, 6.07) is 6.54. The second-order valence-corrected chi connectivity index (χ2v) is 23.2. The first-order valence-corrected chi connectivity index (χ1v) is 29.8. The van der Waals surface area contributed by atoms with E-state index in [1.165, 1.54) is 89.4 Å². The minimum atomic E-state index is -0.844. The number of hydrogen-bond donors (Lipinski definition) is 6. The van der Waals surface area contributed by atoms with Crippen LogP contribution in [0.2, 0.25) is 0 Å². The third-order valence-electron chi connectivity index (χ3n) is 15.9. The van der Waals surface area contributed by atoms with Crippen molar-refractivity contribution in [1.82, 2.24) is 51.7 Å². The van der Waals surface area contributed by atoms with Crippen molar-refractivity contribution in [3.63, 3.8) is 0 Å². The van der Waals surface area contributed by atoms with Crippen LogP contribution in [0.3, 0.4) is 0 Å². The largest absolute Gasteiger partial charge is 0.347 e. The second-order valence-electron chi connectivity index (χ2n) is 21.5. The second kappa shape index (κ2) is 28.2. The van der Waals surface area contributed by atoms with Crippen LogP contribution < -0.4 is 31.9 Å². The van der Waals surface area contributed by atoms with E-state index in [4.69, 9.17) is 4.98 Å². The molecule has 8 rings (SSSR count). The molecule has 81 heavy (non-hydrogen) atoms. The predicted molar refractivity (Wildman–Crippen MR) is 304 cm³/mol. The standard InChI is InChI=1S/C59H72F2N10O8S2/c1-5-40(60)17-12-18-48(72)44-32-80-56(66-44)46-27-42(30-70(46)58(78)50(68-49(73)29-62-3)35-13-8-6-9-14-35)64-54(76)38-19-21-39(22-20-38)55(77)65-43-28-47(57-67-45(33-81-57)52(74)37-23-25-41(61)26-24-37)71(31-43)59(79)51(36-15-10-7-11-16-36)69-53(75)34(2)63-4/h5,12,18-26,32-36,42-43,46-47,50-51,62-63H,6-11,13-17,27-31H2,1-4H3,(H,64,76)(H,65,77)(H,68,73)(H,69,75)/b18-12+,40-5?. The Balaban J connectivity index is 0.983. The first kappa shape index (κ1) is 60.2. The molecule has 6 N–H and O–H groups in total. The molecule has 18 nitrogen and oxygen atoms in total. The number of nitrogens with zero attached hydrogens (tertiary/aromatic N) is 4. The molecule has 4 fully saturated rings. The molecule has 4 aromatic rings. The molecule has 2 aromatic carbocycles. The van der Waals surface area contributed by atoms with Gasteiger partial charge in [-0.3, -0.25) is 38.4 Å². The molecule has 0 spiro atoms. The Kier molecular flexibility index (Phi) is 21.0. The fourth-order valence-corrected chi connectivity index (χ4v) is 13.2. The van der Waals surface area contributed by atoms with Crippen molar-refractivity contribution in [3.8, 4) is 0 Å². The minimum Gasteiger partial charge on any atom is -0.347 e. The lowest BCUT2D eigenvalue weighted by atomic mass is 9.83. The number of carbonyl (C=O) groups excluding carboxylic acids is 8. The number of thiazole rings is 2. The van der Waals surface area contributed by atoms with Gasteiger partial charge in [-0.1, -0.05) is 50.7 Å². The molecule has 7 atom stereocenters. The molecule has 0 bridgehead atoms. The van der Waals surface area contributed by atoms with Gasteiger partial charge in [-0.2, -0.15) is 0 Å². The molecule has 2 aliphatic heterocycles. The van der Waals surface area contributed by atoms with E-state index >= 15 is 0 Å². The quantitative estimate of drug-likeness (QED) is 0.0342. The number of allylic oxidation sites excluding steroid dienone is 4. The highest BCUT2D eigenvalue weighted by Crippen LogP contribution is 2.39. The zero-order chi connectivity index (χ0) is 57.7. The maximum Gasteiger partial charge on any atom is 0.251 e. The van der Waals surface area contributed by atoms with E-state index < -0.39 is 71.5 Å². The van der Waals surface area contributed by atoms with Crippen LogP contribution >= 0.6 is 22.7 Å². The number of halogens is 2. The van der Waals surface area contributed by atoms with Gasteiger partial charge in [0.25, 0.3) is 11.8 Å². The molecule has 432 valence electrons. The zero-order valence-electron chi connectivity index (χ0n) is 46.1. The SMILES string of the molecule is CC=C(F)C/C=C/C(=O)c1csc(C2CC(NC(=O)c3ccc(C(=O)NC4CC(c5nc(C(=O)c6ccc(F)cc6)cs5)N(C(=O)C(NC(=O)C(C)NC)C5CCCCC5)C4)cc3)CN2C(=O)C(NC(=O)CNC)C2CCCCC2)n1. The Bertz CT molecular complexity index is 2970. The number of likely N-dealkylation sites (tertiary alicyclic amines) is 2. The average molecular weight is 1150 g/mol. The van der Waals surface area contributed by atoms with Crippen molar-refractivity contribution >= 4 is 69.7 Å². The lowest BCUT2D eigenvalue weighted by molar-refractivity contribution is -0.139. The van der Waals surface area contributed by atoms with E-state index in [0.717, 1.165) is 64.2 Å². The van der Waals surface area contributed by atoms with Gasteiger partial charge in [0, 0.05) is 59.0 Å². The topological polar surface area (TPSA) is 241 Å². The van der Waals surface area contributed by atoms with Crippen molar-refractivity contribution in [2.75, 3.05) is 33.7 Å². The normalized spacial score (nSPS) is 21.1. The number of carbonyl (C=O) groups is 8. The molecule has 7 unspecified atom stereocenters. The summed E-state index contributed by atoms with van der Waals surface area (Å²) in [6.07, 6.45) is 13.2. The lowest BCUT2D eigenvalue weighted by Crippen LogP contribution is -2.56. The van der Waals surface area contributed by atoms with Crippen LogP contribution in [0, 0.1) is 17.7 Å². The first-order valence-electron chi connectivity index (χ1n) is 28.0. The molecule has 0 radical (unpaired) electrons. The van der Waals surface area contributed by atoms with Gasteiger partial charge in [0.15, 0.2) is 0 Å². The fraction of sp³-hybridized carbons (Fsp3) is 0.492. The lowest BCUT2D eigenvalue weighted by Gasteiger charge is -2.35. The number of amides is 6. The number of ketones is 2. The molecule has 4 heterocycles. The van der Waals surface area contributed by atoms with Crippen LogP contribution in [0.25, 0.3) is 0 Å². The van der Waals surface area contributed by atoms with Crippen LogP contribution in [0.1, 0.15) is 167 Å². The molecular weight excluding hydrogens is 1080 g/mol. The predicted octanol–water partition coefficient (Wildman–Crippen LogP) is 7.07. The average Bonchev–Trinajstić information content (AvgIpc) is 4.44. The molecule has 6 amide bonds. The number of hydrogen-bond acceptors (Lipinski definition) is 14. The number of benzene rings is 2. The van der Waals surface area contributed by atoms with Crippen LogP contribution in [0.15, 0.2) is 83.3 Å². The molecule has 22 heteroatoms. The number of rotatable bonds is 22. The maximum atomic E-state index is 14.9. The summed E-state index contributed by atoms with van der Waals surface area (Å²) < 4.78 is 27.5. The van der Waals surface area contributed by atoms with Crippen LogP contribution in [0.4, 0.5) is 8.78 Å². The first-order chi connectivity index (χ1) is 39.0. The number of likely N-dealkylation sites (N-methyl/N-ethyl adjacent to an activating group) is 2. The smallest absolute Gasteiger partial charge is 0.251 e. The van der Waals surface area contributed by atoms with Gasteiger partial charge in [-0.05, 0) is 133 Å². The van der Waals surface area contributed by atoms with Crippen molar-refractivity contribution < 1.29 is 47.1 Å². The fourth-order valence-electron chi connectivity index (χ4n) is 11.3. The summed E-state index contributed by atoms with van der Waals surface area (Å²) in [4.78, 5) is 124. The van der Waals surface area contributed by atoms with Gasteiger partial charge in [0.2, 0.25) is 35.2 Å². The van der Waals surface area contributed by atoms with Gasteiger partial charge in [0.1, 0.15) is 39.3 Å². The Morgan fingerprint density at radius 1 is 0.679 bits per heavy atom. The van der Waals surface area contributed by atoms with E-state index in [1.807, 2.05) is 0 Å². The molecular formula is C59H72F2N10O8S2. The monoisotopic (exact) mass is 1150 g/mol. The Labute approximate surface area is 478 Å². The van der Waals surface area contributed by atoms with E-state index in [0.29, 0.717) is 10.0 Å². The van der Waals surface area contributed by atoms with Gasteiger partial charge >= 0.3 is 0 Å². The number of nitrogens with one attached hydrogen (secondary N) is 6.